The second-order valence-corrected chi connectivity index (χ2v) is 4.19. The van der Waals surface area contributed by atoms with Gasteiger partial charge in [-0.05, 0) is 25.2 Å². The third kappa shape index (κ3) is 2.07. The summed E-state index contributed by atoms with van der Waals surface area (Å²) in [5.74, 6) is -0.0193. The van der Waals surface area contributed by atoms with Gasteiger partial charge in [-0.25, -0.2) is 0 Å². The van der Waals surface area contributed by atoms with Crippen molar-refractivity contribution in [3.8, 4) is 0 Å². The molecule has 1 N–H and O–H groups in total. The molecule has 0 aromatic heterocycles. The maximum absolute atomic E-state index is 10.8. The van der Waals surface area contributed by atoms with Crippen molar-refractivity contribution >= 4 is 5.97 Å². The number of ether oxygens (including phenoxy) is 1. The maximum Gasteiger partial charge on any atom is 0.320 e. The van der Waals surface area contributed by atoms with Crippen molar-refractivity contribution in [3.63, 3.8) is 0 Å². The van der Waals surface area contributed by atoms with Gasteiger partial charge in [0.25, 0.3) is 0 Å². The first-order chi connectivity index (χ1) is 6.77. The van der Waals surface area contributed by atoms with Gasteiger partial charge in [-0.15, -0.1) is 0 Å². The first kappa shape index (κ1) is 9.93. The molecule has 1 unspecified atom stereocenters. The van der Waals surface area contributed by atoms with Crippen molar-refractivity contribution < 1.29 is 14.6 Å². The molecule has 0 radical (unpaired) electrons. The number of carboxylic acids is 1. The number of carboxylic acid groups (broad SMARTS) is 1. The molecule has 4 nitrogen and oxygen atoms in total. The van der Waals surface area contributed by atoms with Gasteiger partial charge >= 0.3 is 5.97 Å². The quantitative estimate of drug-likeness (QED) is 0.722. The van der Waals surface area contributed by atoms with Crippen LogP contribution in [0.3, 0.4) is 0 Å². The SMILES string of the molecule is O=C(O)C1CCN1CC1CCOCC1. The molecule has 1 atom stereocenters. The van der Waals surface area contributed by atoms with E-state index in [9.17, 15) is 4.79 Å². The van der Waals surface area contributed by atoms with Crippen LogP contribution < -0.4 is 0 Å². The molecule has 2 fully saturated rings. The third-order valence-electron chi connectivity index (χ3n) is 3.25. The van der Waals surface area contributed by atoms with Crippen molar-refractivity contribution in [2.24, 2.45) is 5.92 Å². The molecule has 0 aromatic rings. The van der Waals surface area contributed by atoms with Gasteiger partial charge < -0.3 is 9.84 Å². The molecule has 14 heavy (non-hydrogen) atoms. The predicted molar refractivity (Wildman–Crippen MR) is 51.2 cm³/mol. The van der Waals surface area contributed by atoms with Gasteiger partial charge in [0.2, 0.25) is 0 Å². The van der Waals surface area contributed by atoms with Crippen LogP contribution in [0.5, 0.6) is 0 Å². The lowest BCUT2D eigenvalue weighted by Crippen LogP contribution is -2.54. The van der Waals surface area contributed by atoms with Crippen LogP contribution in [0.15, 0.2) is 0 Å². The van der Waals surface area contributed by atoms with Gasteiger partial charge in [0.05, 0.1) is 0 Å². The zero-order valence-electron chi connectivity index (χ0n) is 8.32. The first-order valence-electron chi connectivity index (χ1n) is 5.32. The number of carbonyl (C=O) groups is 1. The average molecular weight is 199 g/mol. The minimum atomic E-state index is -0.664. The van der Waals surface area contributed by atoms with E-state index in [4.69, 9.17) is 9.84 Å². The molecule has 2 rings (SSSR count). The Morgan fingerprint density at radius 1 is 1.36 bits per heavy atom. The molecule has 2 aliphatic rings. The predicted octanol–water partition coefficient (Wildman–Crippen LogP) is 0.572. The van der Waals surface area contributed by atoms with Gasteiger partial charge in [-0.3, -0.25) is 9.69 Å². The lowest BCUT2D eigenvalue weighted by Gasteiger charge is -2.40. The second kappa shape index (κ2) is 4.28. The van der Waals surface area contributed by atoms with Gasteiger partial charge in [0.1, 0.15) is 6.04 Å². The number of aliphatic carboxylic acids is 1. The van der Waals surface area contributed by atoms with E-state index < -0.39 is 5.97 Å². The van der Waals surface area contributed by atoms with Crippen molar-refractivity contribution in [2.75, 3.05) is 26.3 Å². The Labute approximate surface area is 83.8 Å². The smallest absolute Gasteiger partial charge is 0.320 e. The van der Waals surface area contributed by atoms with E-state index in [2.05, 4.69) is 4.90 Å². The minimum Gasteiger partial charge on any atom is -0.480 e. The molecule has 0 spiro atoms. The lowest BCUT2D eigenvalue weighted by molar-refractivity contribution is -0.148. The fraction of sp³-hybridized carbons (Fsp3) is 0.900. The summed E-state index contributed by atoms with van der Waals surface area (Å²) < 4.78 is 5.27. The number of nitrogens with zero attached hydrogens (tertiary/aromatic N) is 1. The summed E-state index contributed by atoms with van der Waals surface area (Å²) in [5, 5.41) is 8.87. The Hall–Kier alpha value is -0.610. The highest BCUT2D eigenvalue weighted by Gasteiger charge is 2.35. The summed E-state index contributed by atoms with van der Waals surface area (Å²) in [5.41, 5.74) is 0. The molecule has 0 aliphatic carbocycles. The average Bonchev–Trinajstić information content (AvgIpc) is 2.13. The highest BCUT2D eigenvalue weighted by molar-refractivity contribution is 5.74. The van der Waals surface area contributed by atoms with Crippen molar-refractivity contribution in [1.29, 1.82) is 0 Å². The topological polar surface area (TPSA) is 49.8 Å². The normalized spacial score (nSPS) is 29.9. The van der Waals surface area contributed by atoms with E-state index in [1.54, 1.807) is 0 Å². The Bertz CT molecular complexity index is 213. The number of rotatable bonds is 3. The summed E-state index contributed by atoms with van der Waals surface area (Å²) in [4.78, 5) is 12.8. The number of likely N-dealkylation sites (tertiary alicyclic amines) is 1. The highest BCUT2D eigenvalue weighted by Crippen LogP contribution is 2.23. The molecule has 0 bridgehead atoms. The number of hydrogen-bond donors (Lipinski definition) is 1. The highest BCUT2D eigenvalue weighted by atomic mass is 16.5. The standard InChI is InChI=1S/C10H17NO3/c12-10(13)9-1-4-11(9)7-8-2-5-14-6-3-8/h8-9H,1-7H2,(H,12,13). The van der Waals surface area contributed by atoms with E-state index >= 15 is 0 Å². The summed E-state index contributed by atoms with van der Waals surface area (Å²) in [7, 11) is 0. The van der Waals surface area contributed by atoms with Crippen molar-refractivity contribution in [2.45, 2.75) is 25.3 Å². The van der Waals surface area contributed by atoms with E-state index in [1.165, 1.54) is 0 Å². The molecule has 2 heterocycles. The Balaban J connectivity index is 1.76. The van der Waals surface area contributed by atoms with Gasteiger partial charge in [-0.2, -0.15) is 0 Å². The van der Waals surface area contributed by atoms with E-state index in [-0.39, 0.29) is 6.04 Å². The van der Waals surface area contributed by atoms with Gasteiger partial charge in [0, 0.05) is 26.3 Å². The van der Waals surface area contributed by atoms with Crippen LogP contribution in [-0.2, 0) is 9.53 Å². The molecule has 0 aromatic carbocycles. The van der Waals surface area contributed by atoms with E-state index in [1.807, 2.05) is 0 Å². The van der Waals surface area contributed by atoms with E-state index in [0.717, 1.165) is 45.6 Å². The molecule has 0 amide bonds. The second-order valence-electron chi connectivity index (χ2n) is 4.19. The summed E-state index contributed by atoms with van der Waals surface area (Å²) in [6.07, 6.45) is 2.99. The molecular formula is C10H17NO3. The largest absolute Gasteiger partial charge is 0.480 e. The minimum absolute atomic E-state index is 0.210. The summed E-state index contributed by atoms with van der Waals surface area (Å²) >= 11 is 0. The number of hydrogen-bond acceptors (Lipinski definition) is 3. The lowest BCUT2D eigenvalue weighted by atomic mass is 9.95. The summed E-state index contributed by atoms with van der Waals surface area (Å²) in [6.45, 7) is 3.58. The Morgan fingerprint density at radius 3 is 2.57 bits per heavy atom. The molecule has 2 saturated heterocycles. The molecule has 80 valence electrons. The van der Waals surface area contributed by atoms with Gasteiger partial charge in [-0.1, -0.05) is 0 Å². The molecular weight excluding hydrogens is 182 g/mol. The van der Waals surface area contributed by atoms with Crippen LogP contribution >= 0.6 is 0 Å². The van der Waals surface area contributed by atoms with E-state index in [0.29, 0.717) is 5.92 Å². The first-order valence-corrected chi connectivity index (χ1v) is 5.32. The summed E-state index contributed by atoms with van der Waals surface area (Å²) in [6, 6.07) is -0.210. The maximum atomic E-state index is 10.8. The van der Waals surface area contributed by atoms with Crippen molar-refractivity contribution in [1.82, 2.24) is 4.90 Å². The zero-order chi connectivity index (χ0) is 9.97. The monoisotopic (exact) mass is 199 g/mol. The van der Waals surface area contributed by atoms with Crippen LogP contribution in [0.1, 0.15) is 19.3 Å². The fourth-order valence-electron chi connectivity index (χ4n) is 2.20. The molecule has 2 aliphatic heterocycles. The van der Waals surface area contributed by atoms with Crippen LogP contribution in [0.2, 0.25) is 0 Å². The van der Waals surface area contributed by atoms with Gasteiger partial charge in [0.15, 0.2) is 0 Å². The Morgan fingerprint density at radius 2 is 2.07 bits per heavy atom. The van der Waals surface area contributed by atoms with Crippen molar-refractivity contribution in [3.05, 3.63) is 0 Å². The molecule has 0 saturated carbocycles. The Kier molecular flexibility index (Phi) is 3.03. The fourth-order valence-corrected chi connectivity index (χ4v) is 2.20. The third-order valence-corrected chi connectivity index (χ3v) is 3.25. The van der Waals surface area contributed by atoms with Crippen LogP contribution in [0, 0.1) is 5.92 Å². The van der Waals surface area contributed by atoms with Crippen LogP contribution in [0.4, 0.5) is 0 Å². The van der Waals surface area contributed by atoms with Crippen LogP contribution in [0.25, 0.3) is 0 Å². The van der Waals surface area contributed by atoms with Crippen LogP contribution in [-0.4, -0.2) is 48.3 Å². The molecule has 4 heteroatoms. The zero-order valence-corrected chi connectivity index (χ0v) is 8.32.